The first-order valence-corrected chi connectivity index (χ1v) is 8.81. The Morgan fingerprint density at radius 3 is 2.30 bits per heavy atom. The largest absolute Gasteiger partial charge is 0.497 e. The minimum absolute atomic E-state index is 0.215. The quantitative estimate of drug-likeness (QED) is 0.481. The third-order valence-corrected chi connectivity index (χ3v) is 4.74. The lowest BCUT2D eigenvalue weighted by molar-refractivity contribution is 0.192. The van der Waals surface area contributed by atoms with Crippen LogP contribution in [-0.4, -0.2) is 13.2 Å². The van der Waals surface area contributed by atoms with Crippen LogP contribution in [0.2, 0.25) is 0 Å². The van der Waals surface area contributed by atoms with Crippen molar-refractivity contribution in [2.45, 2.75) is 46.6 Å². The van der Waals surface area contributed by atoms with Gasteiger partial charge in [0.25, 0.3) is 0 Å². The zero-order valence-electron chi connectivity index (χ0n) is 14.9. The van der Waals surface area contributed by atoms with E-state index in [1.807, 2.05) is 25.1 Å². The van der Waals surface area contributed by atoms with Gasteiger partial charge in [-0.25, -0.2) is 0 Å². The van der Waals surface area contributed by atoms with E-state index in [1.54, 1.807) is 18.9 Å². The van der Waals surface area contributed by atoms with E-state index in [9.17, 15) is 0 Å². The van der Waals surface area contributed by atoms with Crippen molar-refractivity contribution in [3.05, 3.63) is 53.5 Å². The summed E-state index contributed by atoms with van der Waals surface area (Å²) in [5.74, 6) is 1.46. The molecule has 0 saturated carbocycles. The summed E-state index contributed by atoms with van der Waals surface area (Å²) in [5.41, 5.74) is 1.96. The van der Waals surface area contributed by atoms with Crippen molar-refractivity contribution in [1.82, 2.24) is 0 Å². The molecule has 1 aromatic carbocycles. The van der Waals surface area contributed by atoms with Crippen molar-refractivity contribution in [3.63, 3.8) is 0 Å². The highest BCUT2D eigenvalue weighted by Gasteiger charge is 2.11. The number of hydrogen-bond donors (Lipinski definition) is 0. The van der Waals surface area contributed by atoms with Gasteiger partial charge in [0.2, 0.25) is 0 Å². The summed E-state index contributed by atoms with van der Waals surface area (Å²) < 4.78 is 11.4. The van der Waals surface area contributed by atoms with Crippen LogP contribution in [0.4, 0.5) is 0 Å². The standard InChI is InChI=1S/C20H28O2S/c1-8-14(4)23-16(6)18-11-17(15(5)21-7)12-20(13-18)22-19(9-2)10-3/h8,11-13,19H,5-6,9-10H2,1-4,7H3/b14-8-. The predicted octanol–water partition coefficient (Wildman–Crippen LogP) is 6.50. The molecule has 0 spiro atoms. The number of methoxy groups -OCH3 is 1. The first kappa shape index (κ1) is 19.4. The summed E-state index contributed by atoms with van der Waals surface area (Å²) in [6.07, 6.45) is 4.26. The summed E-state index contributed by atoms with van der Waals surface area (Å²) in [6.45, 7) is 16.5. The number of ether oxygens (including phenoxy) is 2. The van der Waals surface area contributed by atoms with Gasteiger partial charge in [-0.3, -0.25) is 0 Å². The first-order valence-electron chi connectivity index (χ1n) is 8.00. The summed E-state index contributed by atoms with van der Waals surface area (Å²) in [4.78, 5) is 2.20. The second-order valence-electron chi connectivity index (χ2n) is 5.35. The molecule has 0 fully saturated rings. The van der Waals surface area contributed by atoms with Crippen LogP contribution < -0.4 is 4.74 Å². The van der Waals surface area contributed by atoms with Crippen LogP contribution in [0.1, 0.15) is 51.7 Å². The molecule has 1 aromatic rings. The maximum atomic E-state index is 6.11. The molecule has 0 aliphatic heterocycles. The molecule has 0 aliphatic rings. The van der Waals surface area contributed by atoms with Crippen molar-refractivity contribution in [2.75, 3.05) is 7.11 Å². The highest BCUT2D eigenvalue weighted by Crippen LogP contribution is 2.35. The molecule has 0 aromatic heterocycles. The molecule has 1 rings (SSSR count). The third kappa shape index (κ3) is 5.83. The molecule has 0 saturated heterocycles. The van der Waals surface area contributed by atoms with Crippen molar-refractivity contribution in [3.8, 4) is 5.75 Å². The van der Waals surface area contributed by atoms with E-state index < -0.39 is 0 Å². The second-order valence-corrected chi connectivity index (χ2v) is 6.70. The Balaban J connectivity index is 3.18. The summed E-state index contributed by atoms with van der Waals surface area (Å²) in [7, 11) is 1.63. The van der Waals surface area contributed by atoms with E-state index in [1.165, 1.54) is 4.91 Å². The molecule has 0 N–H and O–H groups in total. The van der Waals surface area contributed by atoms with E-state index in [0.717, 1.165) is 34.6 Å². The molecular formula is C20H28O2S. The van der Waals surface area contributed by atoms with E-state index in [4.69, 9.17) is 9.47 Å². The Bertz CT molecular complexity index is 583. The van der Waals surface area contributed by atoms with Crippen LogP contribution in [0.3, 0.4) is 0 Å². The second kappa shape index (κ2) is 9.51. The van der Waals surface area contributed by atoms with Gasteiger partial charge in [-0.05, 0) is 55.4 Å². The molecule has 0 aliphatic carbocycles. The zero-order chi connectivity index (χ0) is 17.4. The Morgan fingerprint density at radius 2 is 1.78 bits per heavy atom. The Morgan fingerprint density at radius 1 is 1.17 bits per heavy atom. The fourth-order valence-corrected chi connectivity index (χ4v) is 2.81. The lowest BCUT2D eigenvalue weighted by Crippen LogP contribution is -2.13. The Kier molecular flexibility index (Phi) is 8.04. The molecule has 126 valence electrons. The number of benzene rings is 1. The monoisotopic (exact) mass is 332 g/mol. The maximum Gasteiger partial charge on any atom is 0.121 e. The van der Waals surface area contributed by atoms with E-state index in [-0.39, 0.29) is 6.10 Å². The van der Waals surface area contributed by atoms with E-state index in [0.29, 0.717) is 5.76 Å². The molecule has 23 heavy (non-hydrogen) atoms. The molecule has 0 unspecified atom stereocenters. The fraction of sp³-hybridized carbons (Fsp3) is 0.400. The van der Waals surface area contributed by atoms with Gasteiger partial charge in [0, 0.05) is 10.5 Å². The minimum atomic E-state index is 0.215. The SMILES string of the molecule is C=C(OC)c1cc(OC(CC)CC)cc(C(=C)S/C(C)=C\C)c1. The number of allylic oxidation sites excluding steroid dienone is 2. The van der Waals surface area contributed by atoms with Gasteiger partial charge in [-0.1, -0.05) is 44.8 Å². The van der Waals surface area contributed by atoms with Gasteiger partial charge in [0.15, 0.2) is 0 Å². The normalized spacial score (nSPS) is 11.5. The Labute approximate surface area is 145 Å². The summed E-state index contributed by atoms with van der Waals surface area (Å²) in [5, 5.41) is 0. The van der Waals surface area contributed by atoms with Gasteiger partial charge in [-0.2, -0.15) is 0 Å². The zero-order valence-corrected chi connectivity index (χ0v) is 15.8. The van der Waals surface area contributed by atoms with Gasteiger partial charge in [0.05, 0.1) is 13.2 Å². The van der Waals surface area contributed by atoms with Crippen LogP contribution in [0, 0.1) is 0 Å². The number of rotatable bonds is 9. The Hall–Kier alpha value is -1.61. The van der Waals surface area contributed by atoms with Crippen molar-refractivity contribution < 1.29 is 9.47 Å². The van der Waals surface area contributed by atoms with Crippen LogP contribution in [0.15, 0.2) is 42.3 Å². The highest BCUT2D eigenvalue weighted by atomic mass is 32.2. The van der Waals surface area contributed by atoms with Gasteiger partial charge in [-0.15, -0.1) is 0 Å². The van der Waals surface area contributed by atoms with Crippen molar-refractivity contribution in [2.24, 2.45) is 0 Å². The smallest absolute Gasteiger partial charge is 0.121 e. The van der Waals surface area contributed by atoms with Gasteiger partial charge in [0.1, 0.15) is 11.5 Å². The van der Waals surface area contributed by atoms with Gasteiger partial charge >= 0.3 is 0 Å². The average molecular weight is 333 g/mol. The fourth-order valence-electron chi connectivity index (χ4n) is 2.07. The van der Waals surface area contributed by atoms with Crippen LogP contribution >= 0.6 is 11.8 Å². The first-order chi connectivity index (χ1) is 10.9. The molecule has 0 atom stereocenters. The molecule has 0 heterocycles. The van der Waals surface area contributed by atoms with Crippen molar-refractivity contribution in [1.29, 1.82) is 0 Å². The molecule has 3 heteroatoms. The van der Waals surface area contributed by atoms with Gasteiger partial charge < -0.3 is 9.47 Å². The van der Waals surface area contributed by atoms with Crippen LogP contribution in [0.5, 0.6) is 5.75 Å². The highest BCUT2D eigenvalue weighted by molar-refractivity contribution is 8.11. The number of thioether (sulfide) groups is 1. The lowest BCUT2D eigenvalue weighted by atomic mass is 10.1. The summed E-state index contributed by atoms with van der Waals surface area (Å²) in [6, 6.07) is 6.07. The average Bonchev–Trinajstić information content (AvgIpc) is 2.58. The van der Waals surface area contributed by atoms with Crippen molar-refractivity contribution >= 4 is 22.4 Å². The minimum Gasteiger partial charge on any atom is -0.497 e. The van der Waals surface area contributed by atoms with Crippen LogP contribution in [-0.2, 0) is 4.74 Å². The molecule has 0 bridgehead atoms. The van der Waals surface area contributed by atoms with E-state index >= 15 is 0 Å². The van der Waals surface area contributed by atoms with E-state index in [2.05, 4.69) is 40.0 Å². The molecular weight excluding hydrogens is 304 g/mol. The summed E-state index contributed by atoms with van der Waals surface area (Å²) >= 11 is 1.66. The molecule has 0 amide bonds. The third-order valence-electron chi connectivity index (χ3n) is 3.70. The maximum absolute atomic E-state index is 6.11. The van der Waals surface area contributed by atoms with Crippen LogP contribution in [0.25, 0.3) is 10.7 Å². The molecule has 2 nitrogen and oxygen atoms in total. The topological polar surface area (TPSA) is 18.5 Å². The number of hydrogen-bond acceptors (Lipinski definition) is 3. The predicted molar refractivity (Wildman–Crippen MR) is 104 cm³/mol. The lowest BCUT2D eigenvalue weighted by Gasteiger charge is -2.18. The molecule has 0 radical (unpaired) electrons.